The van der Waals surface area contributed by atoms with Gasteiger partial charge in [0, 0.05) is 22.5 Å². The molecule has 2 aromatic heterocycles. The lowest BCUT2D eigenvalue weighted by molar-refractivity contribution is -0.0498. The average Bonchev–Trinajstić information content (AvgIpc) is 2.54. The number of hydrogen-bond acceptors (Lipinski definition) is 6. The number of nitrogen functional groups attached to an aromatic ring is 1. The monoisotopic (exact) mass is 343 g/mol. The maximum atomic E-state index is 12.3. The number of nitrogens with zero attached hydrogens (tertiary/aromatic N) is 4. The first-order valence-corrected chi connectivity index (χ1v) is 7.43. The second-order valence-electron chi connectivity index (χ2n) is 5.41. The van der Waals surface area contributed by atoms with E-state index in [4.69, 9.17) is 5.73 Å². The second kappa shape index (κ2) is 6.76. The quantitative estimate of drug-likeness (QED) is 0.781. The van der Waals surface area contributed by atoms with E-state index in [2.05, 4.69) is 24.9 Å². The van der Waals surface area contributed by atoms with Gasteiger partial charge in [0.25, 0.3) is 0 Å². The van der Waals surface area contributed by atoms with Crippen molar-refractivity contribution in [3.63, 3.8) is 0 Å². The molecular weight excluding hydrogens is 328 g/mol. The summed E-state index contributed by atoms with van der Waals surface area (Å²) in [5.41, 5.74) is 9.84. The van der Waals surface area contributed by atoms with E-state index in [-0.39, 0.29) is 11.7 Å². The van der Waals surface area contributed by atoms with E-state index in [0.717, 1.165) is 17.0 Å². The van der Waals surface area contributed by atoms with Gasteiger partial charge >= 0.3 is 6.61 Å². The highest BCUT2D eigenvalue weighted by Crippen LogP contribution is 2.30. The molecule has 0 bridgehead atoms. The van der Waals surface area contributed by atoms with Gasteiger partial charge in [0.15, 0.2) is 0 Å². The first-order chi connectivity index (χ1) is 11.9. The fraction of sp³-hybridized carbons (Fsp3) is 0.176. The third-order valence-electron chi connectivity index (χ3n) is 3.41. The molecular formula is C17H15F2N5O. The Morgan fingerprint density at radius 2 is 1.52 bits per heavy atom. The van der Waals surface area contributed by atoms with Crippen molar-refractivity contribution in [2.45, 2.75) is 20.5 Å². The van der Waals surface area contributed by atoms with Gasteiger partial charge in [-0.05, 0) is 50.2 Å². The van der Waals surface area contributed by atoms with Crippen LogP contribution in [0.1, 0.15) is 11.4 Å². The van der Waals surface area contributed by atoms with Gasteiger partial charge in [-0.25, -0.2) is 4.98 Å². The summed E-state index contributed by atoms with van der Waals surface area (Å²) in [7, 11) is 0. The van der Waals surface area contributed by atoms with Gasteiger partial charge < -0.3 is 10.5 Å². The smallest absolute Gasteiger partial charge is 0.387 e. The van der Waals surface area contributed by atoms with Crippen LogP contribution in [-0.2, 0) is 0 Å². The first kappa shape index (κ1) is 16.7. The van der Waals surface area contributed by atoms with Crippen molar-refractivity contribution in [3.8, 4) is 28.3 Å². The highest BCUT2D eigenvalue weighted by molar-refractivity contribution is 5.78. The predicted molar refractivity (Wildman–Crippen MR) is 89.0 cm³/mol. The third-order valence-corrected chi connectivity index (χ3v) is 3.41. The Morgan fingerprint density at radius 1 is 0.880 bits per heavy atom. The summed E-state index contributed by atoms with van der Waals surface area (Å²) < 4.78 is 28.9. The van der Waals surface area contributed by atoms with Gasteiger partial charge in [-0.1, -0.05) is 0 Å². The molecule has 128 valence electrons. The van der Waals surface area contributed by atoms with E-state index in [9.17, 15) is 8.78 Å². The zero-order chi connectivity index (χ0) is 18.0. The minimum atomic E-state index is -2.87. The van der Waals surface area contributed by atoms with Crippen LogP contribution in [0.2, 0.25) is 0 Å². The summed E-state index contributed by atoms with van der Waals surface area (Å²) in [6, 6.07) is 9.84. The standard InChI is InChI=1S/C17H15F2N5O/c1-9-7-12(8-10(2)21-9)15-14(22-17(20)24-23-15)11-3-5-13(6-4-11)25-16(18)19/h3-8,16H,1-2H3,(H2,20,22,24). The minimum absolute atomic E-state index is 0.0224. The molecule has 2 heterocycles. The number of benzene rings is 1. The number of aryl methyl sites for hydroxylation is 2. The van der Waals surface area contributed by atoms with E-state index in [1.165, 1.54) is 12.1 Å². The number of hydrogen-bond donors (Lipinski definition) is 1. The Hall–Kier alpha value is -3.16. The molecule has 0 saturated heterocycles. The zero-order valence-electron chi connectivity index (χ0n) is 13.6. The van der Waals surface area contributed by atoms with Crippen molar-refractivity contribution < 1.29 is 13.5 Å². The van der Waals surface area contributed by atoms with Gasteiger partial charge in [0.05, 0.1) is 0 Å². The number of aromatic nitrogens is 4. The highest BCUT2D eigenvalue weighted by atomic mass is 19.3. The van der Waals surface area contributed by atoms with E-state index >= 15 is 0 Å². The summed E-state index contributed by atoms with van der Waals surface area (Å²) in [4.78, 5) is 8.60. The summed E-state index contributed by atoms with van der Waals surface area (Å²) in [6.45, 7) is 0.885. The van der Waals surface area contributed by atoms with Crippen LogP contribution in [0.25, 0.3) is 22.5 Å². The Bertz CT molecular complexity index is 880. The van der Waals surface area contributed by atoms with Gasteiger partial charge in [-0.3, -0.25) is 4.98 Å². The van der Waals surface area contributed by atoms with Gasteiger partial charge in [-0.15, -0.1) is 10.2 Å². The molecule has 0 aliphatic heterocycles. The van der Waals surface area contributed by atoms with E-state index in [1.807, 2.05) is 26.0 Å². The summed E-state index contributed by atoms with van der Waals surface area (Å²) in [5.74, 6) is 0.0834. The van der Waals surface area contributed by atoms with Crippen LogP contribution in [0.4, 0.5) is 14.7 Å². The molecule has 0 spiro atoms. The topological polar surface area (TPSA) is 86.8 Å². The number of pyridine rings is 1. The minimum Gasteiger partial charge on any atom is -0.435 e. The second-order valence-corrected chi connectivity index (χ2v) is 5.41. The fourth-order valence-corrected chi connectivity index (χ4v) is 2.50. The molecule has 2 N–H and O–H groups in total. The van der Waals surface area contributed by atoms with Gasteiger partial charge in [-0.2, -0.15) is 8.78 Å². The Kier molecular flexibility index (Phi) is 4.51. The van der Waals surface area contributed by atoms with Gasteiger partial charge in [0.2, 0.25) is 5.95 Å². The molecule has 0 amide bonds. The van der Waals surface area contributed by atoms with Crippen molar-refractivity contribution >= 4 is 5.95 Å². The van der Waals surface area contributed by atoms with E-state index < -0.39 is 6.61 Å². The lowest BCUT2D eigenvalue weighted by atomic mass is 10.0. The Labute approximate surface area is 142 Å². The molecule has 0 radical (unpaired) electrons. The average molecular weight is 343 g/mol. The van der Waals surface area contributed by atoms with E-state index in [1.54, 1.807) is 12.1 Å². The fourth-order valence-electron chi connectivity index (χ4n) is 2.50. The van der Waals surface area contributed by atoms with Crippen molar-refractivity contribution in [3.05, 3.63) is 47.8 Å². The van der Waals surface area contributed by atoms with Crippen LogP contribution in [0.15, 0.2) is 36.4 Å². The van der Waals surface area contributed by atoms with Crippen molar-refractivity contribution in [1.29, 1.82) is 0 Å². The molecule has 3 rings (SSSR count). The molecule has 0 saturated carbocycles. The molecule has 8 heteroatoms. The molecule has 0 unspecified atom stereocenters. The normalized spacial score (nSPS) is 10.9. The van der Waals surface area contributed by atoms with Crippen molar-refractivity contribution in [1.82, 2.24) is 20.2 Å². The van der Waals surface area contributed by atoms with Crippen molar-refractivity contribution in [2.24, 2.45) is 0 Å². The molecule has 1 aromatic carbocycles. The van der Waals surface area contributed by atoms with Crippen LogP contribution in [0.5, 0.6) is 5.75 Å². The van der Waals surface area contributed by atoms with Crippen molar-refractivity contribution in [2.75, 3.05) is 5.73 Å². The number of anilines is 1. The largest absolute Gasteiger partial charge is 0.435 e. The van der Waals surface area contributed by atoms with E-state index in [0.29, 0.717) is 17.0 Å². The molecule has 0 aliphatic carbocycles. The first-order valence-electron chi connectivity index (χ1n) is 7.43. The number of ether oxygens (including phenoxy) is 1. The number of alkyl halides is 2. The summed E-state index contributed by atoms with van der Waals surface area (Å²) in [6.07, 6.45) is 0. The summed E-state index contributed by atoms with van der Waals surface area (Å²) in [5, 5.41) is 7.99. The van der Waals surface area contributed by atoms with Gasteiger partial charge in [0.1, 0.15) is 17.1 Å². The highest BCUT2D eigenvalue weighted by Gasteiger charge is 2.14. The predicted octanol–water partition coefficient (Wildman–Crippen LogP) is 3.40. The summed E-state index contributed by atoms with van der Waals surface area (Å²) >= 11 is 0. The number of nitrogens with two attached hydrogens (primary N) is 1. The molecule has 0 fully saturated rings. The van der Waals surface area contributed by atoms with Crippen LogP contribution in [-0.4, -0.2) is 26.8 Å². The SMILES string of the molecule is Cc1cc(-c2nnc(N)nc2-c2ccc(OC(F)F)cc2)cc(C)n1. The van der Waals surface area contributed by atoms with Crippen LogP contribution < -0.4 is 10.5 Å². The molecule has 6 nitrogen and oxygen atoms in total. The lowest BCUT2D eigenvalue weighted by Crippen LogP contribution is -2.03. The lowest BCUT2D eigenvalue weighted by Gasteiger charge is -2.10. The van der Waals surface area contributed by atoms with Crippen LogP contribution >= 0.6 is 0 Å². The van der Waals surface area contributed by atoms with Crippen LogP contribution in [0, 0.1) is 13.8 Å². The Balaban J connectivity index is 2.08. The molecule has 25 heavy (non-hydrogen) atoms. The zero-order valence-corrected chi connectivity index (χ0v) is 13.6. The molecule has 0 atom stereocenters. The Morgan fingerprint density at radius 3 is 2.12 bits per heavy atom. The van der Waals surface area contributed by atoms with Crippen LogP contribution in [0.3, 0.4) is 0 Å². The molecule has 3 aromatic rings. The number of halogens is 2. The molecule has 0 aliphatic rings. The number of rotatable bonds is 4. The third kappa shape index (κ3) is 3.85. The maximum absolute atomic E-state index is 12.3. The maximum Gasteiger partial charge on any atom is 0.387 e.